The van der Waals surface area contributed by atoms with E-state index in [2.05, 4.69) is 6.92 Å². The predicted octanol–water partition coefficient (Wildman–Crippen LogP) is 3.37. The van der Waals surface area contributed by atoms with Crippen LogP contribution in [-0.4, -0.2) is 23.7 Å². The molecule has 0 saturated heterocycles. The first-order chi connectivity index (χ1) is 9.63. The zero-order valence-corrected chi connectivity index (χ0v) is 11.9. The number of hydrogen-bond acceptors (Lipinski definition) is 3. The third-order valence-electron chi connectivity index (χ3n) is 3.17. The van der Waals surface area contributed by atoms with Crippen molar-refractivity contribution >= 4 is 11.9 Å². The van der Waals surface area contributed by atoms with E-state index in [9.17, 15) is 9.59 Å². The molecule has 0 bridgehead atoms. The Labute approximate surface area is 119 Å². The van der Waals surface area contributed by atoms with Crippen molar-refractivity contribution in [2.24, 2.45) is 0 Å². The van der Waals surface area contributed by atoms with Gasteiger partial charge in [-0.3, -0.25) is 9.59 Å². The van der Waals surface area contributed by atoms with Gasteiger partial charge in [0.1, 0.15) is 0 Å². The minimum Gasteiger partial charge on any atom is -0.481 e. The summed E-state index contributed by atoms with van der Waals surface area (Å²) in [4.78, 5) is 21.9. The molecular formula is C16H22O4. The molecule has 0 radical (unpaired) electrons. The van der Waals surface area contributed by atoms with Crippen LogP contribution in [0.25, 0.3) is 0 Å². The van der Waals surface area contributed by atoms with E-state index in [1.807, 2.05) is 30.3 Å². The van der Waals surface area contributed by atoms with Gasteiger partial charge >= 0.3 is 11.9 Å². The van der Waals surface area contributed by atoms with Crippen LogP contribution in [0.3, 0.4) is 0 Å². The van der Waals surface area contributed by atoms with Gasteiger partial charge in [-0.05, 0) is 12.0 Å². The Kier molecular flexibility index (Phi) is 7.40. The number of carboxylic acid groups (broad SMARTS) is 1. The molecule has 0 aliphatic rings. The first-order valence-corrected chi connectivity index (χ1v) is 7.05. The van der Waals surface area contributed by atoms with E-state index in [1.165, 1.54) is 0 Å². The topological polar surface area (TPSA) is 63.6 Å². The SMILES string of the molecule is CCCCC(COC(=O)CCC(=O)O)c1ccccc1. The minimum atomic E-state index is -0.979. The molecule has 110 valence electrons. The number of unbranched alkanes of at least 4 members (excludes halogenated alkanes) is 1. The average molecular weight is 278 g/mol. The third-order valence-corrected chi connectivity index (χ3v) is 3.17. The molecular weight excluding hydrogens is 256 g/mol. The smallest absolute Gasteiger partial charge is 0.306 e. The molecule has 0 aliphatic heterocycles. The summed E-state index contributed by atoms with van der Waals surface area (Å²) >= 11 is 0. The lowest BCUT2D eigenvalue weighted by atomic mass is 9.94. The van der Waals surface area contributed by atoms with Crippen LogP contribution in [0, 0.1) is 0 Å². The Hall–Kier alpha value is -1.84. The molecule has 1 unspecified atom stereocenters. The quantitative estimate of drug-likeness (QED) is 0.703. The molecule has 0 saturated carbocycles. The summed E-state index contributed by atoms with van der Waals surface area (Å²) in [5.74, 6) is -1.23. The van der Waals surface area contributed by atoms with Gasteiger partial charge in [0.15, 0.2) is 0 Å². The second kappa shape index (κ2) is 9.13. The summed E-state index contributed by atoms with van der Waals surface area (Å²) in [5.41, 5.74) is 1.16. The molecule has 1 aromatic carbocycles. The van der Waals surface area contributed by atoms with Gasteiger partial charge in [-0.2, -0.15) is 0 Å². The number of rotatable bonds is 9. The van der Waals surface area contributed by atoms with E-state index < -0.39 is 11.9 Å². The molecule has 0 heterocycles. The summed E-state index contributed by atoms with van der Waals surface area (Å²) in [5, 5.41) is 8.53. The van der Waals surface area contributed by atoms with Gasteiger partial charge in [0.2, 0.25) is 0 Å². The van der Waals surface area contributed by atoms with E-state index in [4.69, 9.17) is 9.84 Å². The highest BCUT2D eigenvalue weighted by molar-refractivity contribution is 5.76. The van der Waals surface area contributed by atoms with Crippen molar-refractivity contribution in [1.82, 2.24) is 0 Å². The van der Waals surface area contributed by atoms with Crippen LogP contribution in [0.1, 0.15) is 50.5 Å². The largest absolute Gasteiger partial charge is 0.481 e. The summed E-state index contributed by atoms with van der Waals surface area (Å²) < 4.78 is 5.20. The van der Waals surface area contributed by atoms with Crippen molar-refractivity contribution < 1.29 is 19.4 Å². The maximum absolute atomic E-state index is 11.5. The van der Waals surface area contributed by atoms with E-state index in [0.717, 1.165) is 24.8 Å². The first kappa shape index (κ1) is 16.2. The van der Waals surface area contributed by atoms with Crippen molar-refractivity contribution in [3.05, 3.63) is 35.9 Å². The molecule has 1 N–H and O–H groups in total. The molecule has 1 rings (SSSR count). The number of carbonyl (C=O) groups excluding carboxylic acids is 1. The van der Waals surface area contributed by atoms with Crippen molar-refractivity contribution in [2.75, 3.05) is 6.61 Å². The van der Waals surface area contributed by atoms with Gasteiger partial charge in [-0.15, -0.1) is 0 Å². The maximum atomic E-state index is 11.5. The van der Waals surface area contributed by atoms with Crippen molar-refractivity contribution in [3.8, 4) is 0 Å². The Bertz CT molecular complexity index is 414. The Morgan fingerprint density at radius 1 is 1.20 bits per heavy atom. The lowest BCUT2D eigenvalue weighted by molar-refractivity contribution is -0.148. The van der Waals surface area contributed by atoms with Crippen molar-refractivity contribution in [3.63, 3.8) is 0 Å². The van der Waals surface area contributed by atoms with E-state index in [0.29, 0.717) is 6.61 Å². The van der Waals surface area contributed by atoms with E-state index in [-0.39, 0.29) is 18.8 Å². The zero-order valence-electron chi connectivity index (χ0n) is 11.9. The Morgan fingerprint density at radius 3 is 2.50 bits per heavy atom. The Morgan fingerprint density at radius 2 is 1.90 bits per heavy atom. The molecule has 0 amide bonds. The lowest BCUT2D eigenvalue weighted by Crippen LogP contribution is -2.14. The second-order valence-electron chi connectivity index (χ2n) is 4.83. The van der Waals surface area contributed by atoms with Gasteiger partial charge in [0, 0.05) is 5.92 Å². The zero-order chi connectivity index (χ0) is 14.8. The van der Waals surface area contributed by atoms with Gasteiger partial charge in [-0.1, -0.05) is 50.1 Å². The fourth-order valence-corrected chi connectivity index (χ4v) is 2.00. The van der Waals surface area contributed by atoms with Crippen molar-refractivity contribution in [2.45, 2.75) is 44.9 Å². The van der Waals surface area contributed by atoms with Crippen LogP contribution >= 0.6 is 0 Å². The highest BCUT2D eigenvalue weighted by Gasteiger charge is 2.14. The number of hydrogen-bond donors (Lipinski definition) is 1. The minimum absolute atomic E-state index is 0.0649. The number of esters is 1. The highest BCUT2D eigenvalue weighted by Crippen LogP contribution is 2.22. The number of carboxylic acids is 1. The molecule has 4 nitrogen and oxygen atoms in total. The summed E-state index contributed by atoms with van der Waals surface area (Å²) in [6.45, 7) is 2.45. The fourth-order valence-electron chi connectivity index (χ4n) is 2.00. The molecule has 0 fully saturated rings. The van der Waals surface area contributed by atoms with Crippen LogP contribution in [0.15, 0.2) is 30.3 Å². The highest BCUT2D eigenvalue weighted by atomic mass is 16.5. The van der Waals surface area contributed by atoms with E-state index >= 15 is 0 Å². The maximum Gasteiger partial charge on any atom is 0.306 e. The number of ether oxygens (including phenoxy) is 1. The summed E-state index contributed by atoms with van der Waals surface area (Å²) in [6.07, 6.45) is 2.89. The molecule has 20 heavy (non-hydrogen) atoms. The van der Waals surface area contributed by atoms with Crippen molar-refractivity contribution in [1.29, 1.82) is 0 Å². The number of carbonyl (C=O) groups is 2. The first-order valence-electron chi connectivity index (χ1n) is 7.05. The lowest BCUT2D eigenvalue weighted by Gasteiger charge is -2.17. The third kappa shape index (κ3) is 6.36. The molecule has 0 aliphatic carbocycles. The van der Waals surface area contributed by atoms with Gasteiger partial charge in [0.05, 0.1) is 19.4 Å². The monoisotopic (exact) mass is 278 g/mol. The van der Waals surface area contributed by atoms with Crippen LogP contribution < -0.4 is 0 Å². The average Bonchev–Trinajstić information content (AvgIpc) is 2.46. The van der Waals surface area contributed by atoms with Gasteiger partial charge in [-0.25, -0.2) is 0 Å². The molecule has 0 aromatic heterocycles. The second-order valence-corrected chi connectivity index (χ2v) is 4.83. The van der Waals surface area contributed by atoms with Crippen LogP contribution in [0.4, 0.5) is 0 Å². The van der Waals surface area contributed by atoms with Gasteiger partial charge in [0.25, 0.3) is 0 Å². The predicted molar refractivity (Wildman–Crippen MR) is 76.5 cm³/mol. The standard InChI is InChI=1S/C16H22O4/c1-2-3-7-14(13-8-5-4-6-9-13)12-20-16(19)11-10-15(17)18/h4-6,8-9,14H,2-3,7,10-12H2,1H3,(H,17,18). The van der Waals surface area contributed by atoms with Crippen LogP contribution in [-0.2, 0) is 14.3 Å². The molecule has 1 atom stereocenters. The molecule has 4 heteroatoms. The Balaban J connectivity index is 2.49. The van der Waals surface area contributed by atoms with Gasteiger partial charge < -0.3 is 9.84 Å². The number of aliphatic carboxylic acids is 1. The fraction of sp³-hybridized carbons (Fsp3) is 0.500. The molecule has 1 aromatic rings. The molecule has 0 spiro atoms. The summed E-state index contributed by atoms with van der Waals surface area (Å²) in [7, 11) is 0. The number of benzene rings is 1. The summed E-state index contributed by atoms with van der Waals surface area (Å²) in [6, 6.07) is 9.97. The van der Waals surface area contributed by atoms with Crippen LogP contribution in [0.5, 0.6) is 0 Å². The normalized spacial score (nSPS) is 11.8. The van der Waals surface area contributed by atoms with Crippen LogP contribution in [0.2, 0.25) is 0 Å². The van der Waals surface area contributed by atoms with E-state index in [1.54, 1.807) is 0 Å².